The van der Waals surface area contributed by atoms with Gasteiger partial charge in [0.25, 0.3) is 0 Å². The number of carbonyl (C=O) groups excluding carboxylic acids is 1. The number of pyridine rings is 2. The molecule has 0 fully saturated rings. The van der Waals surface area contributed by atoms with Gasteiger partial charge in [-0.05, 0) is 49.9 Å². The Kier molecular flexibility index (Phi) is 6.04. The number of ketones is 1. The van der Waals surface area contributed by atoms with Crippen molar-refractivity contribution in [2.45, 2.75) is 40.0 Å². The number of Topliss-reactive ketones (excluding diaryl/α,β-unsaturated/α-hetero) is 1. The van der Waals surface area contributed by atoms with Gasteiger partial charge in [-0.3, -0.25) is 9.78 Å². The topological polar surface area (TPSA) is 69.9 Å². The van der Waals surface area contributed by atoms with Crippen molar-refractivity contribution in [2.24, 2.45) is 7.05 Å². The molecule has 0 saturated heterocycles. The Morgan fingerprint density at radius 1 is 1.06 bits per heavy atom. The molecule has 164 valence electrons. The van der Waals surface area contributed by atoms with Crippen LogP contribution in [-0.4, -0.2) is 32.1 Å². The van der Waals surface area contributed by atoms with Crippen molar-refractivity contribution in [3.8, 4) is 17.3 Å². The predicted octanol–water partition coefficient (Wildman–Crippen LogP) is 5.10. The molecule has 4 rings (SSSR count). The summed E-state index contributed by atoms with van der Waals surface area (Å²) in [6.07, 6.45) is 0.430. The maximum absolute atomic E-state index is 12.5. The molecular formula is C26H28N4O2. The molecule has 0 aliphatic rings. The molecule has 0 N–H and O–H groups in total. The highest BCUT2D eigenvalue weighted by atomic mass is 16.5. The van der Waals surface area contributed by atoms with Gasteiger partial charge in [-0.1, -0.05) is 42.8 Å². The van der Waals surface area contributed by atoms with Crippen LogP contribution in [0.2, 0.25) is 0 Å². The minimum absolute atomic E-state index is 0.00169. The molecule has 6 nitrogen and oxygen atoms in total. The van der Waals surface area contributed by atoms with Crippen LogP contribution in [0, 0.1) is 20.8 Å². The zero-order valence-electron chi connectivity index (χ0n) is 19.2. The molecule has 6 heteroatoms. The first kappa shape index (κ1) is 21.7. The lowest BCUT2D eigenvalue weighted by atomic mass is 9.95. The number of aryl methyl sites for hydroxylation is 4. The van der Waals surface area contributed by atoms with Crippen molar-refractivity contribution >= 4 is 16.8 Å². The molecule has 4 aromatic rings. The van der Waals surface area contributed by atoms with Crippen LogP contribution < -0.4 is 4.74 Å². The highest BCUT2D eigenvalue weighted by Gasteiger charge is 2.18. The largest absolute Gasteiger partial charge is 0.470 e. The number of carbonyl (C=O) groups is 1. The number of hydrogen-bond donors (Lipinski definition) is 0. The Bertz CT molecular complexity index is 1280. The quantitative estimate of drug-likeness (QED) is 0.410. The van der Waals surface area contributed by atoms with E-state index in [9.17, 15) is 4.79 Å². The van der Waals surface area contributed by atoms with Crippen molar-refractivity contribution in [1.29, 1.82) is 0 Å². The van der Waals surface area contributed by atoms with Crippen LogP contribution >= 0.6 is 0 Å². The second-order valence-corrected chi connectivity index (χ2v) is 8.46. The molecule has 0 radical (unpaired) electrons. The van der Waals surface area contributed by atoms with E-state index in [1.165, 1.54) is 5.56 Å². The van der Waals surface area contributed by atoms with Crippen molar-refractivity contribution < 1.29 is 9.53 Å². The Hall–Kier alpha value is -3.54. The second-order valence-electron chi connectivity index (χ2n) is 8.46. The minimum atomic E-state index is -0.00169. The molecule has 0 aliphatic carbocycles. The zero-order valence-corrected chi connectivity index (χ0v) is 19.2. The van der Waals surface area contributed by atoms with E-state index in [2.05, 4.69) is 53.2 Å². The van der Waals surface area contributed by atoms with Gasteiger partial charge in [0.15, 0.2) is 11.4 Å². The van der Waals surface area contributed by atoms with Gasteiger partial charge in [-0.25, -0.2) is 4.68 Å². The van der Waals surface area contributed by atoms with E-state index in [4.69, 9.17) is 4.74 Å². The Labute approximate surface area is 188 Å². The normalized spacial score (nSPS) is 12.2. The van der Waals surface area contributed by atoms with Crippen molar-refractivity contribution in [3.63, 3.8) is 0 Å². The predicted molar refractivity (Wildman–Crippen MR) is 126 cm³/mol. The summed E-state index contributed by atoms with van der Waals surface area (Å²) < 4.78 is 7.52. The van der Waals surface area contributed by atoms with Gasteiger partial charge in [-0.2, -0.15) is 10.1 Å². The Morgan fingerprint density at radius 3 is 2.53 bits per heavy atom. The highest BCUT2D eigenvalue weighted by Crippen LogP contribution is 2.30. The molecule has 3 aromatic heterocycles. The fraction of sp³-hybridized carbons (Fsp3) is 0.308. The van der Waals surface area contributed by atoms with Gasteiger partial charge in [0.1, 0.15) is 12.3 Å². The number of benzene rings is 1. The van der Waals surface area contributed by atoms with Crippen LogP contribution in [0.15, 0.2) is 48.5 Å². The van der Waals surface area contributed by atoms with Crippen molar-refractivity contribution in [1.82, 2.24) is 19.7 Å². The van der Waals surface area contributed by atoms with Gasteiger partial charge in [0.2, 0.25) is 5.88 Å². The van der Waals surface area contributed by atoms with E-state index in [1.54, 1.807) is 4.68 Å². The maximum atomic E-state index is 12.5. The van der Waals surface area contributed by atoms with E-state index < -0.39 is 0 Å². The van der Waals surface area contributed by atoms with Crippen LogP contribution in [-0.2, 0) is 11.8 Å². The molecule has 0 aliphatic heterocycles. The molecule has 1 atom stereocenters. The average Bonchev–Trinajstić information content (AvgIpc) is 3.10. The molecule has 0 bridgehead atoms. The highest BCUT2D eigenvalue weighted by molar-refractivity contribution is 5.93. The third-order valence-electron chi connectivity index (χ3n) is 5.66. The van der Waals surface area contributed by atoms with E-state index in [-0.39, 0.29) is 18.3 Å². The third kappa shape index (κ3) is 4.54. The molecule has 1 aromatic carbocycles. The van der Waals surface area contributed by atoms with E-state index >= 15 is 0 Å². The SMILES string of the molecule is Cc1ccc([C@H](C)CC(=O)COc2cc(C)c3c(-c4cccc(C)n4)nn(C)c3n2)cc1. The number of hydrogen-bond acceptors (Lipinski definition) is 5. The summed E-state index contributed by atoms with van der Waals surface area (Å²) in [5.74, 6) is 0.621. The van der Waals surface area contributed by atoms with Crippen LogP contribution in [0.3, 0.4) is 0 Å². The van der Waals surface area contributed by atoms with E-state index in [0.717, 1.165) is 33.6 Å². The molecule has 0 unspecified atom stereocenters. The zero-order chi connectivity index (χ0) is 22.8. The first-order valence-corrected chi connectivity index (χ1v) is 10.8. The molecule has 32 heavy (non-hydrogen) atoms. The minimum Gasteiger partial charge on any atom is -0.470 e. The van der Waals surface area contributed by atoms with Gasteiger partial charge in [-0.15, -0.1) is 0 Å². The van der Waals surface area contributed by atoms with E-state index in [0.29, 0.717) is 17.9 Å². The Balaban J connectivity index is 1.50. The Morgan fingerprint density at radius 2 is 1.81 bits per heavy atom. The summed E-state index contributed by atoms with van der Waals surface area (Å²) >= 11 is 0. The third-order valence-corrected chi connectivity index (χ3v) is 5.66. The monoisotopic (exact) mass is 428 g/mol. The van der Waals surface area contributed by atoms with Crippen molar-refractivity contribution in [2.75, 3.05) is 6.61 Å². The molecule has 0 amide bonds. The lowest BCUT2D eigenvalue weighted by Gasteiger charge is -2.12. The van der Waals surface area contributed by atoms with Gasteiger partial charge < -0.3 is 4.74 Å². The summed E-state index contributed by atoms with van der Waals surface area (Å²) in [5, 5.41) is 5.59. The molecule has 3 heterocycles. The summed E-state index contributed by atoms with van der Waals surface area (Å²) in [4.78, 5) is 21.8. The molecular weight excluding hydrogens is 400 g/mol. The number of ether oxygens (including phenoxy) is 1. The van der Waals surface area contributed by atoms with Gasteiger partial charge in [0, 0.05) is 25.2 Å². The number of nitrogens with zero attached hydrogens (tertiary/aromatic N) is 4. The van der Waals surface area contributed by atoms with Crippen LogP contribution in [0.25, 0.3) is 22.4 Å². The smallest absolute Gasteiger partial charge is 0.215 e. The average molecular weight is 429 g/mol. The lowest BCUT2D eigenvalue weighted by Crippen LogP contribution is -2.14. The van der Waals surface area contributed by atoms with Crippen LogP contribution in [0.5, 0.6) is 5.88 Å². The fourth-order valence-corrected chi connectivity index (χ4v) is 3.90. The molecule has 0 spiro atoms. The first-order valence-electron chi connectivity index (χ1n) is 10.8. The summed E-state index contributed by atoms with van der Waals surface area (Å²) in [7, 11) is 1.85. The van der Waals surface area contributed by atoms with Crippen LogP contribution in [0.1, 0.15) is 41.6 Å². The second kappa shape index (κ2) is 8.91. The first-order chi connectivity index (χ1) is 15.3. The van der Waals surface area contributed by atoms with Gasteiger partial charge >= 0.3 is 0 Å². The maximum Gasteiger partial charge on any atom is 0.215 e. The number of aromatic nitrogens is 4. The lowest BCUT2D eigenvalue weighted by molar-refractivity contribution is -0.121. The number of rotatable bonds is 7. The summed E-state index contributed by atoms with van der Waals surface area (Å²) in [5.41, 5.74) is 6.61. The van der Waals surface area contributed by atoms with Crippen molar-refractivity contribution in [3.05, 3.63) is 70.9 Å². The van der Waals surface area contributed by atoms with Gasteiger partial charge in [0.05, 0.1) is 11.1 Å². The molecule has 0 saturated carbocycles. The summed E-state index contributed by atoms with van der Waals surface area (Å²) in [6.45, 7) is 8.08. The standard InChI is InChI=1S/C26H28N4O2/c1-16-9-11-20(12-10-16)17(2)13-21(31)15-32-23-14-18(3)24-25(29-30(5)26(24)28-23)22-8-6-7-19(4)27-22/h6-12,14,17H,13,15H2,1-5H3/t17-/m1/s1. The summed E-state index contributed by atoms with van der Waals surface area (Å²) in [6, 6.07) is 16.1. The van der Waals surface area contributed by atoms with E-state index in [1.807, 2.05) is 45.2 Å². The van der Waals surface area contributed by atoms with Crippen LogP contribution in [0.4, 0.5) is 0 Å². The fourth-order valence-electron chi connectivity index (χ4n) is 3.90. The number of fused-ring (bicyclic) bond motifs is 1.